The quantitative estimate of drug-likeness (QED) is 0.798. The number of carbonyl (C=O) groups is 1. The first-order valence-corrected chi connectivity index (χ1v) is 7.30. The van der Waals surface area contributed by atoms with Crippen molar-refractivity contribution >= 4 is 28.8 Å². The first kappa shape index (κ1) is 15.8. The van der Waals surface area contributed by atoms with Gasteiger partial charge in [-0.05, 0) is 32.9 Å². The zero-order chi connectivity index (χ0) is 16.1. The van der Waals surface area contributed by atoms with Crippen molar-refractivity contribution in [2.24, 2.45) is 0 Å². The normalized spacial score (nSPS) is 10.3. The molecule has 0 bridgehead atoms. The highest BCUT2D eigenvalue weighted by Gasteiger charge is 2.13. The van der Waals surface area contributed by atoms with E-state index in [1.807, 2.05) is 12.1 Å². The third-order valence-corrected chi connectivity index (χ3v) is 3.46. The summed E-state index contributed by atoms with van der Waals surface area (Å²) >= 11 is 0. The van der Waals surface area contributed by atoms with Gasteiger partial charge in [-0.3, -0.25) is 4.79 Å². The second-order valence-electron chi connectivity index (χ2n) is 4.89. The molecule has 0 aliphatic rings. The van der Waals surface area contributed by atoms with Gasteiger partial charge in [0.05, 0.1) is 0 Å². The molecule has 1 aromatic heterocycles. The van der Waals surface area contributed by atoms with Crippen LogP contribution >= 0.6 is 0 Å². The Bertz CT molecular complexity index is 667. The van der Waals surface area contributed by atoms with Gasteiger partial charge in [0.15, 0.2) is 17.4 Å². The lowest BCUT2D eigenvalue weighted by molar-refractivity contribution is 0.101. The van der Waals surface area contributed by atoms with Gasteiger partial charge in [-0.15, -0.1) is 0 Å². The van der Waals surface area contributed by atoms with E-state index in [4.69, 9.17) is 5.73 Å². The van der Waals surface area contributed by atoms with Crippen LogP contribution in [0.5, 0.6) is 0 Å². The van der Waals surface area contributed by atoms with Crippen molar-refractivity contribution in [1.29, 1.82) is 0 Å². The van der Waals surface area contributed by atoms with Crippen molar-refractivity contribution in [3.8, 4) is 0 Å². The molecule has 6 nitrogen and oxygen atoms in total. The van der Waals surface area contributed by atoms with Crippen molar-refractivity contribution in [2.75, 3.05) is 29.0 Å². The van der Waals surface area contributed by atoms with Gasteiger partial charge in [0.25, 0.3) is 0 Å². The second kappa shape index (κ2) is 6.89. The number of nitrogens with two attached hydrogens (primary N) is 1. The standard InChI is InChI=1S/C16H21N5O/c1-4-21(5-2)16-14(17)15(18-10-19-16)20-13-8-6-7-12(9-13)11(3)22/h6-10H,4-5,17H2,1-3H3,(H,18,19,20). The van der Waals surface area contributed by atoms with E-state index in [0.29, 0.717) is 22.9 Å². The fourth-order valence-electron chi connectivity index (χ4n) is 2.21. The molecule has 0 saturated heterocycles. The average Bonchev–Trinajstić information content (AvgIpc) is 2.52. The molecule has 0 amide bonds. The van der Waals surface area contributed by atoms with E-state index in [0.717, 1.165) is 18.8 Å². The highest BCUT2D eigenvalue weighted by molar-refractivity contribution is 5.95. The number of ketones is 1. The molecule has 3 N–H and O–H groups in total. The Hall–Kier alpha value is -2.63. The van der Waals surface area contributed by atoms with Crippen LogP contribution < -0.4 is 16.0 Å². The lowest BCUT2D eigenvalue weighted by Crippen LogP contribution is -2.24. The minimum atomic E-state index is 0.0168. The summed E-state index contributed by atoms with van der Waals surface area (Å²) in [6.45, 7) is 7.27. The predicted octanol–water partition coefficient (Wildman–Crippen LogP) is 2.85. The number of rotatable bonds is 6. The zero-order valence-corrected chi connectivity index (χ0v) is 13.1. The maximum atomic E-state index is 11.5. The Morgan fingerprint density at radius 3 is 2.64 bits per heavy atom. The van der Waals surface area contributed by atoms with Crippen molar-refractivity contribution < 1.29 is 4.79 Å². The smallest absolute Gasteiger partial charge is 0.159 e. The Kier molecular flexibility index (Phi) is 4.93. The van der Waals surface area contributed by atoms with Crippen molar-refractivity contribution in [1.82, 2.24) is 9.97 Å². The summed E-state index contributed by atoms with van der Waals surface area (Å²) in [6.07, 6.45) is 1.49. The van der Waals surface area contributed by atoms with Crippen LogP contribution in [-0.4, -0.2) is 28.8 Å². The number of nitrogen functional groups attached to an aromatic ring is 1. The van der Waals surface area contributed by atoms with E-state index < -0.39 is 0 Å². The third-order valence-electron chi connectivity index (χ3n) is 3.46. The lowest BCUT2D eigenvalue weighted by Gasteiger charge is -2.22. The van der Waals surface area contributed by atoms with Crippen LogP contribution in [0, 0.1) is 0 Å². The van der Waals surface area contributed by atoms with Gasteiger partial charge >= 0.3 is 0 Å². The Balaban J connectivity index is 2.32. The monoisotopic (exact) mass is 299 g/mol. The molecule has 22 heavy (non-hydrogen) atoms. The second-order valence-corrected chi connectivity index (χ2v) is 4.89. The summed E-state index contributed by atoms with van der Waals surface area (Å²) in [5.74, 6) is 1.27. The van der Waals surface area contributed by atoms with E-state index in [9.17, 15) is 4.79 Å². The molecular weight excluding hydrogens is 278 g/mol. The molecule has 1 aromatic carbocycles. The Labute approximate surface area is 130 Å². The van der Waals surface area contributed by atoms with Crippen LogP contribution in [0.15, 0.2) is 30.6 Å². The molecular formula is C16H21N5O. The van der Waals surface area contributed by atoms with E-state index in [-0.39, 0.29) is 5.78 Å². The van der Waals surface area contributed by atoms with Crippen molar-refractivity contribution in [3.63, 3.8) is 0 Å². The summed E-state index contributed by atoms with van der Waals surface area (Å²) in [7, 11) is 0. The minimum Gasteiger partial charge on any atom is -0.393 e. The van der Waals surface area contributed by atoms with Crippen LogP contribution in [0.4, 0.5) is 23.0 Å². The molecule has 0 atom stereocenters. The Morgan fingerprint density at radius 2 is 2.00 bits per heavy atom. The number of nitrogens with zero attached hydrogens (tertiary/aromatic N) is 3. The minimum absolute atomic E-state index is 0.0168. The number of carbonyl (C=O) groups excluding carboxylic acids is 1. The molecule has 2 aromatic rings. The van der Waals surface area contributed by atoms with Crippen LogP contribution in [0.25, 0.3) is 0 Å². The predicted molar refractivity (Wildman–Crippen MR) is 89.7 cm³/mol. The molecule has 0 spiro atoms. The van der Waals surface area contributed by atoms with Crippen LogP contribution in [0.1, 0.15) is 31.1 Å². The maximum Gasteiger partial charge on any atom is 0.159 e. The fraction of sp³-hybridized carbons (Fsp3) is 0.312. The summed E-state index contributed by atoms with van der Waals surface area (Å²) in [6, 6.07) is 7.24. The highest BCUT2D eigenvalue weighted by atomic mass is 16.1. The van der Waals surface area contributed by atoms with Gasteiger partial charge in [-0.25, -0.2) is 9.97 Å². The zero-order valence-electron chi connectivity index (χ0n) is 13.1. The lowest BCUT2D eigenvalue weighted by atomic mass is 10.1. The third kappa shape index (κ3) is 3.33. The molecule has 0 fully saturated rings. The van der Waals surface area contributed by atoms with E-state index >= 15 is 0 Å². The van der Waals surface area contributed by atoms with Gasteiger partial charge in [0.2, 0.25) is 0 Å². The highest BCUT2D eigenvalue weighted by Crippen LogP contribution is 2.28. The van der Waals surface area contributed by atoms with Crippen LogP contribution in [-0.2, 0) is 0 Å². The first-order valence-electron chi connectivity index (χ1n) is 7.30. The van der Waals surface area contributed by atoms with Gasteiger partial charge in [-0.1, -0.05) is 12.1 Å². The van der Waals surface area contributed by atoms with Gasteiger partial charge in [0, 0.05) is 24.3 Å². The largest absolute Gasteiger partial charge is 0.393 e. The number of nitrogens with one attached hydrogen (secondary N) is 1. The summed E-state index contributed by atoms with van der Waals surface area (Å²) in [5.41, 5.74) is 8.09. The topological polar surface area (TPSA) is 84.1 Å². The van der Waals surface area contributed by atoms with Crippen molar-refractivity contribution in [3.05, 3.63) is 36.2 Å². The SMILES string of the molecule is CCN(CC)c1ncnc(Nc2cccc(C(C)=O)c2)c1N. The number of aromatic nitrogens is 2. The average molecular weight is 299 g/mol. The molecule has 1 heterocycles. The number of hydrogen-bond acceptors (Lipinski definition) is 6. The molecule has 0 aliphatic carbocycles. The first-order chi connectivity index (χ1) is 10.6. The van der Waals surface area contributed by atoms with Crippen molar-refractivity contribution in [2.45, 2.75) is 20.8 Å². The number of Topliss-reactive ketones (excluding diaryl/α,β-unsaturated/α-hetero) is 1. The molecule has 116 valence electrons. The summed E-state index contributed by atoms with van der Waals surface area (Å²) in [5, 5.41) is 3.16. The summed E-state index contributed by atoms with van der Waals surface area (Å²) < 4.78 is 0. The Morgan fingerprint density at radius 1 is 1.27 bits per heavy atom. The number of benzene rings is 1. The van der Waals surface area contributed by atoms with Gasteiger partial charge < -0.3 is 16.0 Å². The number of hydrogen-bond donors (Lipinski definition) is 2. The molecule has 0 saturated carbocycles. The molecule has 0 aliphatic heterocycles. The van der Waals surface area contributed by atoms with Gasteiger partial charge in [0.1, 0.15) is 12.0 Å². The molecule has 0 unspecified atom stereocenters. The number of anilines is 4. The molecule has 0 radical (unpaired) electrons. The van der Waals surface area contributed by atoms with Crippen LogP contribution in [0.2, 0.25) is 0 Å². The van der Waals surface area contributed by atoms with Crippen LogP contribution in [0.3, 0.4) is 0 Å². The van der Waals surface area contributed by atoms with E-state index in [1.54, 1.807) is 12.1 Å². The van der Waals surface area contributed by atoms with E-state index in [1.165, 1.54) is 13.3 Å². The maximum absolute atomic E-state index is 11.5. The molecule has 6 heteroatoms. The van der Waals surface area contributed by atoms with E-state index in [2.05, 4.69) is 34.0 Å². The fourth-order valence-corrected chi connectivity index (χ4v) is 2.21. The molecule has 2 rings (SSSR count). The van der Waals surface area contributed by atoms with Gasteiger partial charge in [-0.2, -0.15) is 0 Å². The summed E-state index contributed by atoms with van der Waals surface area (Å²) in [4.78, 5) is 22.0.